The molecule has 2 aliphatic carbocycles. The zero-order chi connectivity index (χ0) is 29.6. The van der Waals surface area contributed by atoms with Crippen LogP contribution < -0.4 is 0 Å². The second-order valence-corrected chi connectivity index (χ2v) is 13.1. The third kappa shape index (κ3) is 5.37. The van der Waals surface area contributed by atoms with Crippen LogP contribution >= 0.6 is 12.4 Å². The summed E-state index contributed by atoms with van der Waals surface area (Å²) in [6, 6.07) is 0. The maximum atomic E-state index is 14.2. The number of ether oxygens (including phenoxy) is 3. The van der Waals surface area contributed by atoms with Crippen molar-refractivity contribution in [3.05, 3.63) is 12.7 Å². The Kier molecular flexibility index (Phi) is 10.4. The second-order valence-electron chi connectivity index (χ2n) is 13.1. The van der Waals surface area contributed by atoms with E-state index in [1.165, 1.54) is 19.9 Å². The van der Waals surface area contributed by atoms with Gasteiger partial charge in [-0.3, -0.25) is 19.3 Å². The summed E-state index contributed by atoms with van der Waals surface area (Å²) in [4.78, 5) is 41.8. The molecule has 2 saturated carbocycles. The molecular weight excluding hydrogens is 538 g/mol. The third-order valence-corrected chi connectivity index (χ3v) is 9.69. The Labute approximate surface area is 245 Å². The van der Waals surface area contributed by atoms with Crippen LogP contribution in [0.5, 0.6) is 0 Å². The van der Waals surface area contributed by atoms with E-state index >= 15 is 0 Å². The minimum atomic E-state index is -2.25. The summed E-state index contributed by atoms with van der Waals surface area (Å²) in [6.07, 6.45) is 0.511. The van der Waals surface area contributed by atoms with E-state index in [2.05, 4.69) is 6.58 Å². The van der Waals surface area contributed by atoms with Gasteiger partial charge < -0.3 is 24.4 Å². The van der Waals surface area contributed by atoms with Crippen molar-refractivity contribution in [3.63, 3.8) is 0 Å². The quantitative estimate of drug-likeness (QED) is 0.307. The number of halogens is 1. The molecule has 40 heavy (non-hydrogen) atoms. The van der Waals surface area contributed by atoms with Crippen molar-refractivity contribution in [3.8, 4) is 0 Å². The smallest absolute Gasteiger partial charge is 0.320 e. The van der Waals surface area contributed by atoms with Crippen LogP contribution in [0.2, 0.25) is 0 Å². The lowest BCUT2D eigenvalue weighted by atomic mass is 9.39. The Hall–Kier alpha value is -1.52. The van der Waals surface area contributed by atoms with Crippen molar-refractivity contribution in [2.45, 2.75) is 123 Å². The molecule has 0 amide bonds. The predicted octanol–water partition coefficient (Wildman–Crippen LogP) is 3.61. The maximum absolute atomic E-state index is 14.2. The van der Waals surface area contributed by atoms with Gasteiger partial charge in [-0.05, 0) is 58.0 Å². The number of hydrogen-bond acceptors (Lipinski definition) is 9. The van der Waals surface area contributed by atoms with E-state index in [-0.39, 0.29) is 25.4 Å². The normalized spacial score (nSPS) is 40.3. The number of aliphatic hydroxyl groups is 2. The van der Waals surface area contributed by atoms with Gasteiger partial charge in [0.25, 0.3) is 0 Å². The van der Waals surface area contributed by atoms with Crippen LogP contribution in [0.15, 0.2) is 12.7 Å². The topological polar surface area (TPSA) is 123 Å². The Morgan fingerprint density at radius 1 is 1.12 bits per heavy atom. The van der Waals surface area contributed by atoms with E-state index in [0.717, 1.165) is 25.9 Å². The van der Waals surface area contributed by atoms with Gasteiger partial charge in [-0.25, -0.2) is 0 Å². The van der Waals surface area contributed by atoms with Gasteiger partial charge in [-0.15, -0.1) is 19.0 Å². The van der Waals surface area contributed by atoms with Crippen molar-refractivity contribution in [1.29, 1.82) is 0 Å². The first kappa shape index (κ1) is 34.7. The molecule has 10 heteroatoms. The fourth-order valence-corrected chi connectivity index (χ4v) is 8.10. The largest absolute Gasteiger partial charge is 0.461 e. The predicted molar refractivity (Wildman–Crippen MR) is 153 cm³/mol. The molecule has 0 unspecified atom stereocenters. The minimum Gasteiger partial charge on any atom is -0.461 e. The summed E-state index contributed by atoms with van der Waals surface area (Å²) in [7, 11) is 0. The first-order valence-electron chi connectivity index (χ1n) is 14.3. The number of fused-ring (bicyclic) bond motifs is 3. The number of nitrogens with zero attached hydrogens (tertiary/aromatic N) is 1. The van der Waals surface area contributed by atoms with Gasteiger partial charge in [0.1, 0.15) is 11.7 Å². The number of rotatable bonds is 9. The number of ketones is 1. The lowest BCUT2D eigenvalue weighted by Crippen LogP contribution is -2.87. The van der Waals surface area contributed by atoms with Crippen LogP contribution in [0.3, 0.4) is 0 Å². The van der Waals surface area contributed by atoms with E-state index in [9.17, 15) is 24.6 Å². The summed E-state index contributed by atoms with van der Waals surface area (Å²) >= 11 is 0. The molecule has 3 fully saturated rings. The van der Waals surface area contributed by atoms with Gasteiger partial charge in [0, 0.05) is 24.7 Å². The molecule has 3 rings (SSSR count). The molecule has 0 spiro atoms. The zero-order valence-corrected chi connectivity index (χ0v) is 26.3. The van der Waals surface area contributed by atoms with E-state index in [4.69, 9.17) is 14.2 Å². The van der Waals surface area contributed by atoms with Crippen molar-refractivity contribution < 1.29 is 38.8 Å². The first-order valence-corrected chi connectivity index (χ1v) is 14.3. The molecule has 0 bridgehead atoms. The molecule has 0 aromatic carbocycles. The third-order valence-electron chi connectivity index (χ3n) is 9.69. The molecule has 0 aromatic rings. The Morgan fingerprint density at radius 2 is 1.70 bits per heavy atom. The summed E-state index contributed by atoms with van der Waals surface area (Å²) in [5.74, 6) is -2.39. The van der Waals surface area contributed by atoms with E-state index in [1.54, 1.807) is 13.8 Å². The highest BCUT2D eigenvalue weighted by Gasteiger charge is 2.82. The van der Waals surface area contributed by atoms with Gasteiger partial charge in [0.2, 0.25) is 0 Å². The summed E-state index contributed by atoms with van der Waals surface area (Å²) < 4.78 is 18.3. The van der Waals surface area contributed by atoms with Gasteiger partial charge >= 0.3 is 11.9 Å². The molecule has 9 nitrogen and oxygen atoms in total. The number of hydrogen-bond donors (Lipinski definition) is 2. The van der Waals surface area contributed by atoms with Gasteiger partial charge in [0.15, 0.2) is 17.5 Å². The molecule has 1 heterocycles. The van der Waals surface area contributed by atoms with Crippen molar-refractivity contribution in [1.82, 2.24) is 4.90 Å². The lowest BCUT2D eigenvalue weighted by molar-refractivity contribution is -0.370. The molecule has 1 aliphatic heterocycles. The van der Waals surface area contributed by atoms with Crippen molar-refractivity contribution in [2.24, 2.45) is 16.7 Å². The summed E-state index contributed by atoms with van der Waals surface area (Å²) in [5.41, 5.74) is -7.31. The molecule has 2 N–H and O–H groups in total. The molecule has 0 radical (unpaired) electrons. The van der Waals surface area contributed by atoms with Crippen LogP contribution in [-0.4, -0.2) is 87.6 Å². The highest BCUT2D eigenvalue weighted by atomic mass is 35.5. The molecule has 1 saturated heterocycles. The maximum Gasteiger partial charge on any atom is 0.320 e. The molecule has 230 valence electrons. The standard InChI is InChI=1S/C30H49NO8.ClH/c1-10-15-31(16-11-2)18-22(34)38-21-13-14-26(5,6)24-23(35)25(37-19(4)32)29(9)30(36,28(21,24)8)20(33)17-27(7,12-3)39-29;/h12,21,23-25,35-36H,3,10-11,13-18H2,1-2,4-9H3;1H/t21-,23-,24-,25-,27-,28-,29+,30-;/m0./s1. The fraction of sp³-hybridized carbons (Fsp3) is 0.833. The Balaban J connectivity index is 0.00000560. The monoisotopic (exact) mass is 587 g/mol. The number of Topliss-reactive ketones (excluding diaryl/α,β-unsaturated/α-hetero) is 1. The molecule has 3 aliphatic rings. The number of aliphatic hydroxyl groups excluding tert-OH is 1. The van der Waals surface area contributed by atoms with Crippen LogP contribution in [-0.2, 0) is 28.6 Å². The molecule has 0 aromatic heterocycles. The van der Waals surface area contributed by atoms with Gasteiger partial charge in [0.05, 0.1) is 18.2 Å². The number of carbonyl (C=O) groups is 3. The summed E-state index contributed by atoms with van der Waals surface area (Å²) in [5, 5.41) is 24.7. The lowest BCUT2D eigenvalue weighted by Gasteiger charge is -2.71. The Bertz CT molecular complexity index is 983. The van der Waals surface area contributed by atoms with Crippen molar-refractivity contribution in [2.75, 3.05) is 19.6 Å². The fourth-order valence-electron chi connectivity index (χ4n) is 8.10. The summed E-state index contributed by atoms with van der Waals surface area (Å²) in [6.45, 7) is 19.5. The highest BCUT2D eigenvalue weighted by molar-refractivity contribution is 5.92. The van der Waals surface area contributed by atoms with E-state index in [1.807, 2.05) is 32.6 Å². The van der Waals surface area contributed by atoms with Gasteiger partial charge in [-0.2, -0.15) is 0 Å². The van der Waals surface area contributed by atoms with Gasteiger partial charge in [-0.1, -0.05) is 40.7 Å². The van der Waals surface area contributed by atoms with Crippen LogP contribution in [0.4, 0.5) is 0 Å². The second kappa shape index (κ2) is 12.0. The average Bonchev–Trinajstić information content (AvgIpc) is 2.82. The average molecular weight is 588 g/mol. The number of esters is 2. The molecule has 8 atom stereocenters. The molecular formula is C30H50ClNO8. The van der Waals surface area contributed by atoms with E-state index in [0.29, 0.717) is 12.8 Å². The van der Waals surface area contributed by atoms with Crippen LogP contribution in [0.25, 0.3) is 0 Å². The van der Waals surface area contributed by atoms with Crippen LogP contribution in [0, 0.1) is 16.7 Å². The highest BCUT2D eigenvalue weighted by Crippen LogP contribution is 2.67. The first-order chi connectivity index (χ1) is 18.0. The minimum absolute atomic E-state index is 0. The number of carbonyl (C=O) groups excluding carboxylic acids is 3. The Morgan fingerprint density at radius 3 is 2.20 bits per heavy atom. The van der Waals surface area contributed by atoms with Crippen molar-refractivity contribution >= 4 is 30.1 Å². The van der Waals surface area contributed by atoms with E-state index < -0.39 is 69.6 Å². The van der Waals surface area contributed by atoms with Crippen LogP contribution in [0.1, 0.15) is 87.5 Å². The zero-order valence-electron chi connectivity index (χ0n) is 25.5. The SMILES string of the molecule is C=C[C@@]1(C)CC(=O)[C@]2(O)[C@@]3(C)[C@@H](OC(=O)CN(CCC)CCC)CCC(C)(C)[C@@H]3[C@H](O)[C@H](OC(C)=O)[C@@]2(C)O1.Cl.